The molecule has 1 fully saturated rings. The van der Waals surface area contributed by atoms with Gasteiger partial charge in [-0.1, -0.05) is 12.1 Å². The summed E-state index contributed by atoms with van der Waals surface area (Å²) in [6.45, 7) is 0. The molecule has 0 aliphatic heterocycles. The van der Waals surface area contributed by atoms with Crippen LogP contribution < -0.4 is 5.43 Å². The van der Waals surface area contributed by atoms with Gasteiger partial charge in [0.25, 0.3) is 5.91 Å². The fourth-order valence-electron chi connectivity index (χ4n) is 2.10. The number of esters is 1. The van der Waals surface area contributed by atoms with Gasteiger partial charge in [-0.25, -0.2) is 10.2 Å². The number of nitrogens with one attached hydrogen (secondary N) is 2. The molecule has 1 aliphatic rings. The van der Waals surface area contributed by atoms with Gasteiger partial charge in [0, 0.05) is 11.6 Å². The Labute approximate surface area is 132 Å². The van der Waals surface area contributed by atoms with Crippen molar-refractivity contribution < 1.29 is 14.3 Å². The number of carbonyl (C=O) groups excluding carboxylic acids is 2. The fourth-order valence-corrected chi connectivity index (χ4v) is 2.10. The van der Waals surface area contributed by atoms with Crippen molar-refractivity contribution in [1.82, 2.24) is 15.6 Å². The van der Waals surface area contributed by atoms with Gasteiger partial charge in [-0.3, -0.25) is 9.89 Å². The highest BCUT2D eigenvalue weighted by atomic mass is 16.5. The Morgan fingerprint density at radius 3 is 2.74 bits per heavy atom. The number of H-pyrrole nitrogens is 1. The minimum absolute atomic E-state index is 0.324. The zero-order valence-electron chi connectivity index (χ0n) is 12.6. The number of hydrazone groups is 1. The second kappa shape index (κ2) is 6.43. The van der Waals surface area contributed by atoms with Gasteiger partial charge in [-0.2, -0.15) is 10.2 Å². The van der Waals surface area contributed by atoms with Crippen LogP contribution in [0.5, 0.6) is 0 Å². The first-order valence-corrected chi connectivity index (χ1v) is 7.24. The van der Waals surface area contributed by atoms with Gasteiger partial charge in [-0.15, -0.1) is 0 Å². The predicted octanol–water partition coefficient (Wildman–Crippen LogP) is 1.84. The second-order valence-electron chi connectivity index (χ2n) is 5.30. The lowest BCUT2D eigenvalue weighted by Crippen LogP contribution is -2.18. The third kappa shape index (κ3) is 3.63. The van der Waals surface area contributed by atoms with Gasteiger partial charge >= 0.3 is 5.97 Å². The molecule has 1 heterocycles. The monoisotopic (exact) mass is 312 g/mol. The standard InChI is InChI=1S/C16H16N4O3/c1-23-16(22)12-4-2-10(3-5-12)9-17-20-15(21)14-8-13(18-19-14)11-6-7-11/h2-5,8-9,11H,6-7H2,1H3,(H,18,19)(H,20,21)/b17-9-. The number of carbonyl (C=O) groups is 2. The van der Waals surface area contributed by atoms with Crippen LogP contribution >= 0.6 is 0 Å². The van der Waals surface area contributed by atoms with Crippen molar-refractivity contribution in [2.45, 2.75) is 18.8 Å². The number of rotatable bonds is 5. The fraction of sp³-hybridized carbons (Fsp3) is 0.250. The third-order valence-corrected chi connectivity index (χ3v) is 3.56. The maximum Gasteiger partial charge on any atom is 0.337 e. The number of hydrogen-bond acceptors (Lipinski definition) is 5. The van der Waals surface area contributed by atoms with Gasteiger partial charge in [0.2, 0.25) is 0 Å². The van der Waals surface area contributed by atoms with E-state index in [1.54, 1.807) is 30.3 Å². The average molecular weight is 312 g/mol. The molecule has 118 valence electrons. The lowest BCUT2D eigenvalue weighted by Gasteiger charge is -1.99. The van der Waals surface area contributed by atoms with E-state index in [9.17, 15) is 9.59 Å². The van der Waals surface area contributed by atoms with Crippen molar-refractivity contribution in [3.63, 3.8) is 0 Å². The van der Waals surface area contributed by atoms with E-state index < -0.39 is 5.97 Å². The summed E-state index contributed by atoms with van der Waals surface area (Å²) in [5, 5.41) is 10.7. The zero-order chi connectivity index (χ0) is 16.2. The van der Waals surface area contributed by atoms with E-state index in [1.165, 1.54) is 13.3 Å². The number of amides is 1. The van der Waals surface area contributed by atoms with Crippen LogP contribution in [0.1, 0.15) is 50.9 Å². The number of hydrogen-bond donors (Lipinski definition) is 2. The van der Waals surface area contributed by atoms with E-state index in [0.29, 0.717) is 17.2 Å². The van der Waals surface area contributed by atoms with E-state index in [4.69, 9.17) is 0 Å². The van der Waals surface area contributed by atoms with Crippen molar-refractivity contribution in [1.29, 1.82) is 0 Å². The summed E-state index contributed by atoms with van der Waals surface area (Å²) in [5.41, 5.74) is 4.95. The van der Waals surface area contributed by atoms with Crippen molar-refractivity contribution in [2.75, 3.05) is 7.11 Å². The summed E-state index contributed by atoms with van der Waals surface area (Å²) >= 11 is 0. The highest BCUT2D eigenvalue weighted by Crippen LogP contribution is 2.38. The number of benzene rings is 1. The molecule has 2 aromatic rings. The first-order chi connectivity index (χ1) is 11.2. The summed E-state index contributed by atoms with van der Waals surface area (Å²) in [7, 11) is 1.33. The SMILES string of the molecule is COC(=O)c1ccc(/C=N\NC(=O)c2cc(C3CC3)[nH]n2)cc1. The number of methoxy groups -OCH3 is 1. The van der Waals surface area contributed by atoms with E-state index in [1.807, 2.05) is 0 Å². The summed E-state index contributed by atoms with van der Waals surface area (Å²) in [6, 6.07) is 8.44. The molecule has 0 radical (unpaired) electrons. The quantitative estimate of drug-likeness (QED) is 0.500. The number of nitrogens with zero attached hydrogens (tertiary/aromatic N) is 2. The van der Waals surface area contributed by atoms with Crippen LogP contribution in [-0.4, -0.2) is 35.4 Å². The lowest BCUT2D eigenvalue weighted by atomic mass is 10.1. The van der Waals surface area contributed by atoms with Gasteiger partial charge < -0.3 is 4.74 Å². The summed E-state index contributed by atoms with van der Waals surface area (Å²) in [6.07, 6.45) is 3.78. The first kappa shape index (κ1) is 15.0. The molecule has 1 aromatic carbocycles. The van der Waals surface area contributed by atoms with Gasteiger partial charge in [0.1, 0.15) is 0 Å². The summed E-state index contributed by atoms with van der Waals surface area (Å²) in [5.74, 6) is -0.247. The Morgan fingerprint density at radius 1 is 1.35 bits per heavy atom. The maximum absolute atomic E-state index is 11.9. The van der Waals surface area contributed by atoms with E-state index in [2.05, 4.69) is 25.5 Å². The molecular formula is C16H16N4O3. The Morgan fingerprint density at radius 2 is 2.09 bits per heavy atom. The maximum atomic E-state index is 11.9. The molecule has 3 rings (SSSR count). The molecule has 0 atom stereocenters. The van der Waals surface area contributed by atoms with Crippen LogP contribution in [0.25, 0.3) is 0 Å². The molecule has 1 aliphatic carbocycles. The molecule has 0 unspecified atom stereocenters. The van der Waals surface area contributed by atoms with Crippen LogP contribution in [0.2, 0.25) is 0 Å². The van der Waals surface area contributed by atoms with Crippen molar-refractivity contribution in [3.05, 3.63) is 52.8 Å². The smallest absolute Gasteiger partial charge is 0.337 e. The molecule has 7 nitrogen and oxygen atoms in total. The Hall–Kier alpha value is -2.96. The molecule has 1 saturated carbocycles. The van der Waals surface area contributed by atoms with Crippen LogP contribution in [0.3, 0.4) is 0 Å². The van der Waals surface area contributed by atoms with Gasteiger partial charge in [0.05, 0.1) is 18.9 Å². The molecule has 23 heavy (non-hydrogen) atoms. The third-order valence-electron chi connectivity index (χ3n) is 3.56. The molecule has 1 amide bonds. The molecule has 7 heteroatoms. The molecule has 0 spiro atoms. The average Bonchev–Trinajstić information content (AvgIpc) is 3.31. The van der Waals surface area contributed by atoms with Crippen LogP contribution in [0.4, 0.5) is 0 Å². The van der Waals surface area contributed by atoms with E-state index in [-0.39, 0.29) is 5.91 Å². The molecule has 0 saturated heterocycles. The minimum atomic E-state index is -0.396. The Bertz CT molecular complexity index is 745. The van der Waals surface area contributed by atoms with Crippen molar-refractivity contribution in [3.8, 4) is 0 Å². The normalized spacial score (nSPS) is 14.0. The van der Waals surface area contributed by atoms with E-state index in [0.717, 1.165) is 24.1 Å². The van der Waals surface area contributed by atoms with Crippen LogP contribution in [0.15, 0.2) is 35.4 Å². The molecule has 1 aromatic heterocycles. The highest BCUT2D eigenvalue weighted by molar-refractivity contribution is 5.93. The van der Waals surface area contributed by atoms with Crippen LogP contribution in [0, 0.1) is 0 Å². The summed E-state index contributed by atoms with van der Waals surface area (Å²) in [4.78, 5) is 23.2. The number of aromatic nitrogens is 2. The van der Waals surface area contributed by atoms with Gasteiger partial charge in [0.15, 0.2) is 5.69 Å². The summed E-state index contributed by atoms with van der Waals surface area (Å²) < 4.78 is 4.62. The predicted molar refractivity (Wildman–Crippen MR) is 83.4 cm³/mol. The highest BCUT2D eigenvalue weighted by Gasteiger charge is 2.26. The Balaban J connectivity index is 1.57. The Kier molecular flexibility index (Phi) is 4.18. The molecule has 2 N–H and O–H groups in total. The van der Waals surface area contributed by atoms with Crippen molar-refractivity contribution in [2.24, 2.45) is 5.10 Å². The number of aromatic amines is 1. The molecular weight excluding hydrogens is 296 g/mol. The van der Waals surface area contributed by atoms with E-state index >= 15 is 0 Å². The first-order valence-electron chi connectivity index (χ1n) is 7.24. The number of ether oxygens (including phenoxy) is 1. The van der Waals surface area contributed by atoms with Crippen molar-refractivity contribution >= 4 is 18.1 Å². The second-order valence-corrected chi connectivity index (χ2v) is 5.30. The van der Waals surface area contributed by atoms with Gasteiger partial charge in [-0.05, 0) is 36.6 Å². The topological polar surface area (TPSA) is 96.4 Å². The zero-order valence-corrected chi connectivity index (χ0v) is 12.6. The largest absolute Gasteiger partial charge is 0.465 e. The lowest BCUT2D eigenvalue weighted by molar-refractivity contribution is 0.0600. The minimum Gasteiger partial charge on any atom is -0.465 e. The molecule has 0 bridgehead atoms. The van der Waals surface area contributed by atoms with Crippen LogP contribution in [-0.2, 0) is 4.74 Å².